The Morgan fingerprint density at radius 2 is 1.67 bits per heavy atom. The first-order valence-electron chi connectivity index (χ1n) is 5.00. The van der Waals surface area contributed by atoms with Crippen LogP contribution in [0.15, 0.2) is 24.3 Å². The Bertz CT molecular complexity index is 495. The second-order valence-corrected chi connectivity index (χ2v) is 4.18. The van der Waals surface area contributed by atoms with E-state index in [0.717, 1.165) is 0 Å². The van der Waals surface area contributed by atoms with Crippen molar-refractivity contribution in [2.24, 2.45) is 0 Å². The molecule has 0 aliphatic carbocycles. The fourth-order valence-electron chi connectivity index (χ4n) is 1.37. The third-order valence-corrected chi connectivity index (χ3v) is 2.71. The molecule has 0 aromatic heterocycles. The summed E-state index contributed by atoms with van der Waals surface area (Å²) in [7, 11) is 0. The van der Waals surface area contributed by atoms with Gasteiger partial charge in [-0.2, -0.15) is 0 Å². The molecule has 1 rings (SSSR count). The van der Waals surface area contributed by atoms with E-state index in [0.29, 0.717) is 11.1 Å². The Morgan fingerprint density at radius 3 is 2.00 bits per heavy atom. The second-order valence-electron chi connectivity index (χ2n) is 4.18. The predicted molar refractivity (Wildman–Crippen MR) is 63.0 cm³/mol. The molecule has 1 radical (unpaired) electrons. The number of rotatable bonds is 3. The smallest absolute Gasteiger partial charge is 0.481 e. The van der Waals surface area contributed by atoms with E-state index in [4.69, 9.17) is 18.3 Å². The van der Waals surface area contributed by atoms with Gasteiger partial charge in [0.2, 0.25) is 0 Å². The topological polar surface area (TPSA) is 46.0 Å². The molecule has 0 heterocycles. The Balaban J connectivity index is 0.00000289. The van der Waals surface area contributed by atoms with Crippen LogP contribution in [-0.4, -0.2) is 11.1 Å². The number of aliphatic carboxylic acids is 1. The number of carboxylic acid groups (broad SMARTS) is 1. The third-order valence-electron chi connectivity index (χ3n) is 2.71. The predicted octanol–water partition coefficient (Wildman–Crippen LogP) is 2.88. The molecule has 0 bridgehead atoms. The van der Waals surface area contributed by atoms with Gasteiger partial charge >= 0.3 is 12.1 Å². The van der Waals surface area contributed by atoms with E-state index in [2.05, 4.69) is 9.69 Å². The van der Waals surface area contributed by atoms with Crippen LogP contribution >= 0.6 is 0 Å². The van der Waals surface area contributed by atoms with Crippen LogP contribution in [0.3, 0.4) is 0 Å². The maximum Gasteiger partial charge on any atom is 0.502 e. The number of benzene rings is 1. The van der Waals surface area contributed by atoms with Crippen LogP contribution in [0.1, 0.15) is 31.1 Å². The van der Waals surface area contributed by atoms with Gasteiger partial charge in [0, 0.05) is 22.4 Å². The summed E-state index contributed by atoms with van der Waals surface area (Å²) in [6.07, 6.45) is -0.836. The maximum atomic E-state index is 11.1. The van der Waals surface area contributed by atoms with Crippen LogP contribution in [0.5, 0.6) is 0 Å². The zero-order chi connectivity index (χ0) is 13.1. The number of carbonyl (C=O) groups is 1. The molecule has 0 aliphatic rings. The van der Waals surface area contributed by atoms with Gasteiger partial charge in [-0.15, -0.1) is 0 Å². The summed E-state index contributed by atoms with van der Waals surface area (Å²) in [5.41, 5.74) is 0.284. The quantitative estimate of drug-likeness (QED) is 0.682. The normalized spacial score (nSPS) is 10.1. The molecule has 1 aromatic carbocycles. The van der Waals surface area contributed by atoms with Crippen LogP contribution in [-0.2, 0) is 32.6 Å². The van der Waals surface area contributed by atoms with E-state index in [1.807, 2.05) is 0 Å². The van der Waals surface area contributed by atoms with Crippen LogP contribution in [0.2, 0.25) is 0 Å². The van der Waals surface area contributed by atoms with Crippen LogP contribution in [0.4, 0.5) is 0 Å². The van der Waals surface area contributed by atoms with Gasteiger partial charge in [-0.25, -0.2) is 22.8 Å². The molecule has 0 spiro atoms. The van der Waals surface area contributed by atoms with Crippen molar-refractivity contribution in [2.45, 2.75) is 25.4 Å². The van der Waals surface area contributed by atoms with Crippen molar-refractivity contribution >= 4 is 5.97 Å². The number of carboxylic acids is 1. The Labute approximate surface area is 122 Å². The summed E-state index contributed by atoms with van der Waals surface area (Å²) in [6, 6.07) is 6.60. The van der Waals surface area contributed by atoms with Crippen molar-refractivity contribution < 1.29 is 32.3 Å². The van der Waals surface area contributed by atoms with Crippen molar-refractivity contribution in [3.05, 3.63) is 58.2 Å². The van der Waals surface area contributed by atoms with Gasteiger partial charge in [0.15, 0.2) is 0 Å². The van der Waals surface area contributed by atoms with Gasteiger partial charge in [0.1, 0.15) is 5.56 Å². The molecular weight excluding hydrogens is 324 g/mol. The van der Waals surface area contributed by atoms with Crippen molar-refractivity contribution in [2.75, 3.05) is 0 Å². The van der Waals surface area contributed by atoms with E-state index in [1.165, 1.54) is 0 Å². The Kier molecular flexibility index (Phi) is 5.81. The molecule has 0 amide bonds. The Hall–Kier alpha value is -1.59. The molecule has 0 unspecified atom stereocenters. The number of nitrogens with zero attached hydrogens (tertiary/aromatic N) is 2. The zero-order valence-electron chi connectivity index (χ0n) is 9.94. The minimum atomic E-state index is -0.968. The minimum absolute atomic E-state index is 0. The largest absolute Gasteiger partial charge is 0.502 e. The monoisotopic (exact) mass is 335 g/mol. The maximum absolute atomic E-state index is 11.1. The third kappa shape index (κ3) is 3.21. The average molecular weight is 336 g/mol. The van der Waals surface area contributed by atoms with Crippen molar-refractivity contribution in [1.82, 2.24) is 0 Å². The average Bonchev–Trinajstić information content (AvgIpc) is 2.31. The molecule has 1 aromatic rings. The first-order chi connectivity index (χ1) is 7.93. The first-order valence-corrected chi connectivity index (χ1v) is 5.00. The van der Waals surface area contributed by atoms with Crippen molar-refractivity contribution in [1.29, 1.82) is 0 Å². The van der Waals surface area contributed by atoms with Crippen molar-refractivity contribution in [3.8, 4) is 0 Å². The second kappa shape index (κ2) is 6.37. The van der Waals surface area contributed by atoms with E-state index < -0.39 is 17.6 Å². The number of hydrogen-bond donors (Lipinski definition) is 1. The van der Waals surface area contributed by atoms with Crippen LogP contribution in [0, 0.1) is 13.1 Å². The molecule has 5 heteroatoms. The molecule has 0 saturated carbocycles. The van der Waals surface area contributed by atoms with Crippen LogP contribution < -0.4 is 0 Å². The van der Waals surface area contributed by atoms with Crippen molar-refractivity contribution in [3.63, 3.8) is 0 Å². The summed E-state index contributed by atoms with van der Waals surface area (Å²) in [6.45, 7) is 17.0. The fraction of sp³-hybridized carbons (Fsp3) is 0.308. The molecule has 0 atom stereocenters. The molecule has 4 nitrogen and oxygen atoms in total. The summed E-state index contributed by atoms with van der Waals surface area (Å²) in [4.78, 5) is 17.4. The molecule has 0 fully saturated rings. The summed E-state index contributed by atoms with van der Waals surface area (Å²) >= 11 is 0. The molecular formula is C13H12AgN2O2. The van der Waals surface area contributed by atoms with Gasteiger partial charge < -0.3 is 5.11 Å². The van der Waals surface area contributed by atoms with Gasteiger partial charge in [-0.3, -0.25) is 4.79 Å². The fourth-order valence-corrected chi connectivity index (χ4v) is 1.37. The van der Waals surface area contributed by atoms with Gasteiger partial charge in [0.05, 0.1) is 5.41 Å². The van der Waals surface area contributed by atoms with E-state index in [-0.39, 0.29) is 22.4 Å². The van der Waals surface area contributed by atoms with E-state index >= 15 is 0 Å². The SMILES string of the molecule is [Ag].[C-]#[N+]C([N+]#[C-])c1ccc(C(C)(C)C(=O)O)cc1. The summed E-state index contributed by atoms with van der Waals surface area (Å²) < 4.78 is 0. The zero-order valence-corrected chi connectivity index (χ0v) is 11.4. The number of hydrogen-bond acceptors (Lipinski definition) is 1. The van der Waals surface area contributed by atoms with Gasteiger partial charge in [0.25, 0.3) is 0 Å². The minimum Gasteiger partial charge on any atom is -0.481 e. The molecule has 0 saturated heterocycles. The van der Waals surface area contributed by atoms with E-state index in [1.54, 1.807) is 38.1 Å². The van der Waals surface area contributed by atoms with E-state index in [9.17, 15) is 4.79 Å². The molecule has 0 aliphatic heterocycles. The molecule has 97 valence electrons. The standard InChI is InChI=1S/C13H12N2O2.Ag/c1-13(2,12(16)17)10-7-5-9(6-8-10)11(14-3)15-4;/h5-8,11H,1-2H3,(H,16,17);. The molecule has 1 N–H and O–H groups in total. The Morgan fingerprint density at radius 1 is 1.22 bits per heavy atom. The van der Waals surface area contributed by atoms with Gasteiger partial charge in [-0.1, -0.05) is 12.1 Å². The molecule has 18 heavy (non-hydrogen) atoms. The van der Waals surface area contributed by atoms with Gasteiger partial charge in [-0.05, 0) is 31.5 Å². The summed E-state index contributed by atoms with van der Waals surface area (Å²) in [5.74, 6) is -0.905. The first kappa shape index (κ1) is 16.4. The van der Waals surface area contributed by atoms with Crippen LogP contribution in [0.25, 0.3) is 9.69 Å². The summed E-state index contributed by atoms with van der Waals surface area (Å²) in [5, 5.41) is 9.07.